The Morgan fingerprint density at radius 3 is 2.78 bits per heavy atom. The third kappa shape index (κ3) is 1.58. The van der Waals surface area contributed by atoms with Crippen molar-refractivity contribution in [2.24, 2.45) is 5.73 Å². The average molecular weight is 241 g/mol. The molecule has 0 radical (unpaired) electrons. The monoisotopic (exact) mass is 241 g/mol. The highest BCUT2D eigenvalue weighted by atomic mass is 19.1. The fourth-order valence-electron chi connectivity index (χ4n) is 2.11. The molecule has 0 unspecified atom stereocenters. The maximum Gasteiger partial charge on any atom is 0.149 e. The third-order valence-corrected chi connectivity index (χ3v) is 2.98. The predicted molar refractivity (Wildman–Crippen MR) is 68.9 cm³/mol. The van der Waals surface area contributed by atoms with Crippen molar-refractivity contribution >= 4 is 10.9 Å². The lowest BCUT2D eigenvalue weighted by molar-refractivity contribution is 0.609. The summed E-state index contributed by atoms with van der Waals surface area (Å²) in [6.07, 6.45) is 1.72. The van der Waals surface area contributed by atoms with Crippen LogP contribution in [-0.2, 0) is 6.54 Å². The van der Waals surface area contributed by atoms with Gasteiger partial charge in [-0.05, 0) is 17.7 Å². The summed E-state index contributed by atoms with van der Waals surface area (Å²) in [5.41, 5.74) is 7.71. The van der Waals surface area contributed by atoms with Gasteiger partial charge in [-0.2, -0.15) is 5.10 Å². The molecule has 0 aliphatic rings. The van der Waals surface area contributed by atoms with Gasteiger partial charge in [-0.25, -0.2) is 9.07 Å². The lowest BCUT2D eigenvalue weighted by Gasteiger charge is -2.10. The van der Waals surface area contributed by atoms with Crippen molar-refractivity contribution in [3.8, 4) is 5.69 Å². The number of rotatable bonds is 2. The van der Waals surface area contributed by atoms with Gasteiger partial charge in [0.25, 0.3) is 0 Å². The Balaban J connectivity index is 2.33. The summed E-state index contributed by atoms with van der Waals surface area (Å²) in [6.45, 7) is 0.279. The van der Waals surface area contributed by atoms with Crippen molar-refractivity contribution in [3.63, 3.8) is 0 Å². The molecule has 90 valence electrons. The molecule has 0 amide bonds. The van der Waals surface area contributed by atoms with Gasteiger partial charge in [0, 0.05) is 11.9 Å². The van der Waals surface area contributed by atoms with E-state index in [0.29, 0.717) is 5.69 Å². The molecular formula is C14H12FN3. The summed E-state index contributed by atoms with van der Waals surface area (Å²) in [5.74, 6) is -0.313. The SMILES string of the molecule is NCc1cccc(F)c1-n1ncc2ccccc21. The van der Waals surface area contributed by atoms with Crippen LogP contribution in [0.25, 0.3) is 16.6 Å². The Labute approximate surface area is 104 Å². The molecule has 0 saturated carbocycles. The molecule has 0 bridgehead atoms. The van der Waals surface area contributed by atoms with E-state index in [0.717, 1.165) is 16.5 Å². The number of fused-ring (bicyclic) bond motifs is 1. The van der Waals surface area contributed by atoms with Gasteiger partial charge in [-0.15, -0.1) is 0 Å². The number of nitrogens with two attached hydrogens (primary N) is 1. The number of para-hydroxylation sites is 2. The van der Waals surface area contributed by atoms with Crippen LogP contribution in [0.4, 0.5) is 4.39 Å². The minimum absolute atomic E-state index is 0.279. The molecule has 0 aliphatic heterocycles. The second kappa shape index (κ2) is 4.23. The summed E-state index contributed by atoms with van der Waals surface area (Å²) in [5, 5.41) is 5.23. The van der Waals surface area contributed by atoms with Gasteiger partial charge in [0.1, 0.15) is 11.5 Å². The first kappa shape index (κ1) is 10.9. The van der Waals surface area contributed by atoms with Crippen LogP contribution in [0.15, 0.2) is 48.7 Å². The lowest BCUT2D eigenvalue weighted by atomic mass is 10.1. The van der Waals surface area contributed by atoms with Crippen molar-refractivity contribution < 1.29 is 4.39 Å². The van der Waals surface area contributed by atoms with Crippen LogP contribution in [0.3, 0.4) is 0 Å². The molecule has 1 heterocycles. The van der Waals surface area contributed by atoms with E-state index in [9.17, 15) is 4.39 Å². The van der Waals surface area contributed by atoms with Crippen molar-refractivity contribution in [2.75, 3.05) is 0 Å². The zero-order chi connectivity index (χ0) is 12.5. The van der Waals surface area contributed by atoms with Gasteiger partial charge >= 0.3 is 0 Å². The fraction of sp³-hybridized carbons (Fsp3) is 0.0714. The van der Waals surface area contributed by atoms with Crippen molar-refractivity contribution in [2.45, 2.75) is 6.54 Å². The highest BCUT2D eigenvalue weighted by Crippen LogP contribution is 2.23. The summed E-state index contributed by atoms with van der Waals surface area (Å²) < 4.78 is 15.6. The summed E-state index contributed by atoms with van der Waals surface area (Å²) in [7, 11) is 0. The molecule has 3 aromatic rings. The van der Waals surface area contributed by atoms with Gasteiger partial charge in [-0.3, -0.25) is 0 Å². The van der Waals surface area contributed by atoms with E-state index in [4.69, 9.17) is 5.73 Å². The highest BCUT2D eigenvalue weighted by Gasteiger charge is 2.12. The van der Waals surface area contributed by atoms with Gasteiger partial charge in [-0.1, -0.05) is 30.3 Å². The average Bonchev–Trinajstić information content (AvgIpc) is 2.82. The first-order chi connectivity index (χ1) is 8.81. The Bertz CT molecular complexity index is 703. The third-order valence-electron chi connectivity index (χ3n) is 2.98. The van der Waals surface area contributed by atoms with Gasteiger partial charge in [0.05, 0.1) is 11.7 Å². The molecule has 4 heteroatoms. The standard InChI is InChI=1S/C14H12FN3/c15-12-6-3-5-10(8-16)14(12)18-13-7-2-1-4-11(13)9-17-18/h1-7,9H,8,16H2. The lowest BCUT2D eigenvalue weighted by Crippen LogP contribution is -2.07. The minimum atomic E-state index is -0.313. The van der Waals surface area contributed by atoms with Crippen molar-refractivity contribution in [1.29, 1.82) is 0 Å². The Morgan fingerprint density at radius 1 is 1.11 bits per heavy atom. The first-order valence-electron chi connectivity index (χ1n) is 5.72. The van der Waals surface area contributed by atoms with Crippen molar-refractivity contribution in [1.82, 2.24) is 9.78 Å². The number of aromatic nitrogens is 2. The molecule has 0 aliphatic carbocycles. The van der Waals surface area contributed by atoms with Crippen LogP contribution in [0, 0.1) is 5.82 Å². The van der Waals surface area contributed by atoms with E-state index in [1.54, 1.807) is 16.9 Å². The van der Waals surface area contributed by atoms with Crippen LogP contribution in [0.5, 0.6) is 0 Å². The molecule has 0 saturated heterocycles. The van der Waals surface area contributed by atoms with Crippen LogP contribution < -0.4 is 5.73 Å². The molecule has 1 aromatic heterocycles. The normalized spacial score (nSPS) is 11.0. The van der Waals surface area contributed by atoms with E-state index in [2.05, 4.69) is 5.10 Å². The van der Waals surface area contributed by atoms with Crippen LogP contribution in [-0.4, -0.2) is 9.78 Å². The summed E-state index contributed by atoms with van der Waals surface area (Å²) >= 11 is 0. The van der Waals surface area contributed by atoms with Crippen LogP contribution in [0.2, 0.25) is 0 Å². The number of hydrogen-bond donors (Lipinski definition) is 1. The predicted octanol–water partition coefficient (Wildman–Crippen LogP) is 2.62. The first-order valence-corrected chi connectivity index (χ1v) is 5.72. The van der Waals surface area contributed by atoms with E-state index >= 15 is 0 Å². The molecule has 0 fully saturated rings. The molecule has 18 heavy (non-hydrogen) atoms. The van der Waals surface area contributed by atoms with E-state index < -0.39 is 0 Å². The highest BCUT2D eigenvalue weighted by molar-refractivity contribution is 5.80. The zero-order valence-corrected chi connectivity index (χ0v) is 9.68. The van der Waals surface area contributed by atoms with Gasteiger partial charge < -0.3 is 5.73 Å². The summed E-state index contributed by atoms with van der Waals surface area (Å²) in [6, 6.07) is 12.6. The number of nitrogens with zero attached hydrogens (tertiary/aromatic N) is 2. The molecule has 3 nitrogen and oxygen atoms in total. The molecule has 2 N–H and O–H groups in total. The Morgan fingerprint density at radius 2 is 1.94 bits per heavy atom. The number of halogens is 1. The number of hydrogen-bond acceptors (Lipinski definition) is 2. The fourth-order valence-corrected chi connectivity index (χ4v) is 2.11. The second-order valence-corrected chi connectivity index (χ2v) is 4.07. The molecule has 2 aromatic carbocycles. The topological polar surface area (TPSA) is 43.8 Å². The van der Waals surface area contributed by atoms with Crippen LogP contribution in [0.1, 0.15) is 5.56 Å². The summed E-state index contributed by atoms with van der Waals surface area (Å²) in [4.78, 5) is 0. The number of benzene rings is 2. The van der Waals surface area contributed by atoms with E-state index in [1.807, 2.05) is 30.3 Å². The van der Waals surface area contributed by atoms with Gasteiger partial charge in [0.15, 0.2) is 0 Å². The van der Waals surface area contributed by atoms with E-state index in [1.165, 1.54) is 6.07 Å². The minimum Gasteiger partial charge on any atom is -0.326 e. The largest absolute Gasteiger partial charge is 0.326 e. The Kier molecular flexibility index (Phi) is 2.57. The molecule has 0 atom stereocenters. The quantitative estimate of drug-likeness (QED) is 0.749. The van der Waals surface area contributed by atoms with Crippen molar-refractivity contribution in [3.05, 3.63) is 60.0 Å². The van der Waals surface area contributed by atoms with E-state index in [-0.39, 0.29) is 12.4 Å². The molecule has 0 spiro atoms. The molecule has 3 rings (SSSR count). The maximum atomic E-state index is 14.0. The zero-order valence-electron chi connectivity index (χ0n) is 9.68. The second-order valence-electron chi connectivity index (χ2n) is 4.07. The smallest absolute Gasteiger partial charge is 0.149 e. The van der Waals surface area contributed by atoms with Crippen LogP contribution >= 0.6 is 0 Å². The Hall–Kier alpha value is -2.20. The molecular weight excluding hydrogens is 229 g/mol. The maximum absolute atomic E-state index is 14.0. The van der Waals surface area contributed by atoms with Gasteiger partial charge in [0.2, 0.25) is 0 Å².